The fourth-order valence-corrected chi connectivity index (χ4v) is 3.81. The summed E-state index contributed by atoms with van der Waals surface area (Å²) < 4.78 is 1.89. The second-order valence-electron chi connectivity index (χ2n) is 4.37. The molecule has 2 aromatic heterocycles. The lowest BCUT2D eigenvalue weighted by Gasteiger charge is -1.97. The first-order chi connectivity index (χ1) is 10.6. The summed E-state index contributed by atoms with van der Waals surface area (Å²) in [5, 5.41) is 5.22. The van der Waals surface area contributed by atoms with Crippen LogP contribution in [-0.4, -0.2) is 17.1 Å². The van der Waals surface area contributed by atoms with E-state index in [0.29, 0.717) is 9.90 Å². The van der Waals surface area contributed by atoms with Crippen molar-refractivity contribution in [2.45, 2.75) is 0 Å². The first-order valence-corrected chi connectivity index (χ1v) is 8.25. The van der Waals surface area contributed by atoms with Crippen molar-refractivity contribution in [3.05, 3.63) is 62.7 Å². The highest BCUT2D eigenvalue weighted by Crippen LogP contribution is 2.36. The normalized spacial score (nSPS) is 11.2. The van der Waals surface area contributed by atoms with Gasteiger partial charge >= 0.3 is 0 Å². The number of halogens is 2. The summed E-state index contributed by atoms with van der Waals surface area (Å²) in [6, 6.07) is 9.34. The lowest BCUT2D eigenvalue weighted by Crippen LogP contribution is -2.16. The molecule has 1 aromatic carbocycles. The average molecular weight is 395 g/mol. The van der Waals surface area contributed by atoms with Gasteiger partial charge in [-0.25, -0.2) is 5.43 Å². The van der Waals surface area contributed by atoms with Crippen LogP contribution in [0.4, 0.5) is 0 Å². The Morgan fingerprint density at radius 3 is 3.05 bits per heavy atom. The van der Waals surface area contributed by atoms with E-state index >= 15 is 0 Å². The van der Waals surface area contributed by atoms with E-state index in [9.17, 15) is 4.79 Å². The average Bonchev–Trinajstić information content (AvgIpc) is 2.84. The molecule has 0 aliphatic heterocycles. The number of aromatic nitrogens is 1. The highest BCUT2D eigenvalue weighted by molar-refractivity contribution is 9.10. The van der Waals surface area contributed by atoms with E-state index in [-0.39, 0.29) is 5.91 Å². The molecule has 0 bridgehead atoms. The van der Waals surface area contributed by atoms with Gasteiger partial charge in [-0.3, -0.25) is 9.78 Å². The molecule has 2 heterocycles. The zero-order valence-electron chi connectivity index (χ0n) is 11.1. The maximum atomic E-state index is 12.2. The van der Waals surface area contributed by atoms with Gasteiger partial charge in [0.15, 0.2) is 0 Å². The second kappa shape index (κ2) is 6.56. The van der Waals surface area contributed by atoms with Gasteiger partial charge in [0.05, 0.1) is 11.2 Å². The standard InChI is InChI=1S/C15H9BrClN3OS/c16-10-3-4-11-12(6-10)22-14(13(11)17)15(21)20-19-8-9-2-1-5-18-7-9/h1-8H,(H,20,21). The van der Waals surface area contributed by atoms with Crippen LogP contribution in [0.3, 0.4) is 0 Å². The summed E-state index contributed by atoms with van der Waals surface area (Å²) >= 11 is 11.0. The largest absolute Gasteiger partial charge is 0.283 e. The first kappa shape index (κ1) is 15.1. The number of hydrazone groups is 1. The molecular formula is C15H9BrClN3OS. The monoisotopic (exact) mass is 393 g/mol. The number of rotatable bonds is 3. The van der Waals surface area contributed by atoms with Crippen LogP contribution in [0.1, 0.15) is 15.2 Å². The molecule has 0 radical (unpaired) electrons. The smallest absolute Gasteiger partial charge is 0.266 e. The maximum Gasteiger partial charge on any atom is 0.283 e. The van der Waals surface area contributed by atoms with Gasteiger partial charge in [0.2, 0.25) is 0 Å². The molecule has 3 aromatic rings. The van der Waals surface area contributed by atoms with E-state index in [2.05, 4.69) is 31.4 Å². The summed E-state index contributed by atoms with van der Waals surface area (Å²) in [6.07, 6.45) is 4.85. The number of fused-ring (bicyclic) bond motifs is 1. The number of nitrogens with zero attached hydrogens (tertiary/aromatic N) is 2. The number of hydrogen-bond acceptors (Lipinski definition) is 4. The van der Waals surface area contributed by atoms with Gasteiger partial charge in [0, 0.05) is 32.5 Å². The van der Waals surface area contributed by atoms with Crippen LogP contribution in [0.2, 0.25) is 5.02 Å². The van der Waals surface area contributed by atoms with E-state index < -0.39 is 0 Å². The molecule has 0 aliphatic carbocycles. The van der Waals surface area contributed by atoms with Crippen LogP contribution in [0.5, 0.6) is 0 Å². The zero-order valence-corrected chi connectivity index (χ0v) is 14.2. The van der Waals surface area contributed by atoms with Gasteiger partial charge < -0.3 is 0 Å². The number of carbonyl (C=O) groups is 1. The van der Waals surface area contributed by atoms with E-state index in [4.69, 9.17) is 11.6 Å². The number of benzene rings is 1. The minimum absolute atomic E-state index is 0.331. The third-order valence-corrected chi connectivity index (χ3v) is 5.01. The van der Waals surface area contributed by atoms with Gasteiger partial charge in [0.25, 0.3) is 5.91 Å². The SMILES string of the molecule is O=C(NN=Cc1cccnc1)c1sc2cc(Br)ccc2c1Cl. The second-order valence-corrected chi connectivity index (χ2v) is 6.72. The van der Waals surface area contributed by atoms with Crippen molar-refractivity contribution in [2.24, 2.45) is 5.10 Å². The molecule has 4 nitrogen and oxygen atoms in total. The quantitative estimate of drug-likeness (QED) is 0.526. The summed E-state index contributed by atoms with van der Waals surface area (Å²) in [6.45, 7) is 0. The van der Waals surface area contributed by atoms with Gasteiger partial charge in [-0.1, -0.05) is 39.7 Å². The van der Waals surface area contributed by atoms with Gasteiger partial charge in [-0.05, 0) is 18.2 Å². The Hall–Kier alpha value is -1.76. The predicted octanol–water partition coefficient (Wildman–Crippen LogP) is 4.48. The van der Waals surface area contributed by atoms with Crippen molar-refractivity contribution in [3.63, 3.8) is 0 Å². The molecule has 7 heteroatoms. The summed E-state index contributed by atoms with van der Waals surface area (Å²) in [4.78, 5) is 16.6. The van der Waals surface area contributed by atoms with E-state index in [1.54, 1.807) is 18.5 Å². The Kier molecular flexibility index (Phi) is 4.52. The summed E-state index contributed by atoms with van der Waals surface area (Å²) in [5.74, 6) is -0.331. The number of carbonyl (C=O) groups excluding carboxylic acids is 1. The number of hydrogen-bond donors (Lipinski definition) is 1. The third kappa shape index (κ3) is 3.19. The van der Waals surface area contributed by atoms with Crippen LogP contribution >= 0.6 is 38.9 Å². The summed E-state index contributed by atoms with van der Waals surface area (Å²) in [5.41, 5.74) is 3.28. The van der Waals surface area contributed by atoms with Crippen molar-refractivity contribution < 1.29 is 4.79 Å². The highest BCUT2D eigenvalue weighted by atomic mass is 79.9. The lowest BCUT2D eigenvalue weighted by molar-refractivity contribution is 0.0959. The van der Waals surface area contributed by atoms with Crippen LogP contribution in [0.15, 0.2) is 52.3 Å². The van der Waals surface area contributed by atoms with Crippen LogP contribution in [0, 0.1) is 0 Å². The van der Waals surface area contributed by atoms with Crippen molar-refractivity contribution in [1.29, 1.82) is 0 Å². The Morgan fingerprint density at radius 2 is 2.27 bits per heavy atom. The van der Waals surface area contributed by atoms with Crippen molar-refractivity contribution in [1.82, 2.24) is 10.4 Å². The van der Waals surface area contributed by atoms with E-state index in [1.165, 1.54) is 17.6 Å². The number of pyridine rings is 1. The first-order valence-electron chi connectivity index (χ1n) is 6.26. The molecule has 0 saturated carbocycles. The van der Waals surface area contributed by atoms with Crippen LogP contribution < -0.4 is 5.43 Å². The van der Waals surface area contributed by atoms with E-state index in [1.807, 2.05) is 24.3 Å². The Labute approximate surface area is 144 Å². The molecule has 0 aliphatic rings. The number of amides is 1. The highest BCUT2D eigenvalue weighted by Gasteiger charge is 2.16. The minimum atomic E-state index is -0.331. The maximum absolute atomic E-state index is 12.2. The Morgan fingerprint density at radius 1 is 1.41 bits per heavy atom. The topological polar surface area (TPSA) is 54.4 Å². The van der Waals surface area contributed by atoms with Gasteiger partial charge in [-0.2, -0.15) is 5.10 Å². The zero-order chi connectivity index (χ0) is 15.5. The van der Waals surface area contributed by atoms with Gasteiger partial charge in [0.1, 0.15) is 4.88 Å². The van der Waals surface area contributed by atoms with E-state index in [0.717, 1.165) is 20.1 Å². The predicted molar refractivity (Wildman–Crippen MR) is 93.8 cm³/mol. The van der Waals surface area contributed by atoms with Gasteiger partial charge in [-0.15, -0.1) is 11.3 Å². The molecule has 0 spiro atoms. The molecule has 1 N–H and O–H groups in total. The molecule has 0 saturated heterocycles. The van der Waals surface area contributed by atoms with Crippen LogP contribution in [-0.2, 0) is 0 Å². The van der Waals surface area contributed by atoms with Crippen LogP contribution in [0.25, 0.3) is 10.1 Å². The molecule has 0 fully saturated rings. The molecular weight excluding hydrogens is 386 g/mol. The molecule has 0 atom stereocenters. The molecule has 110 valence electrons. The minimum Gasteiger partial charge on any atom is -0.266 e. The van der Waals surface area contributed by atoms with Crippen molar-refractivity contribution >= 4 is 61.1 Å². The molecule has 3 rings (SSSR count). The lowest BCUT2D eigenvalue weighted by atomic mass is 10.2. The fraction of sp³-hybridized carbons (Fsp3) is 0. The Bertz CT molecular complexity index is 864. The molecule has 22 heavy (non-hydrogen) atoms. The fourth-order valence-electron chi connectivity index (χ4n) is 1.85. The summed E-state index contributed by atoms with van der Waals surface area (Å²) in [7, 11) is 0. The molecule has 1 amide bonds. The molecule has 0 unspecified atom stereocenters. The number of thiophene rings is 1. The number of nitrogens with one attached hydrogen (secondary N) is 1. The Balaban J connectivity index is 1.80. The van der Waals surface area contributed by atoms with Crippen molar-refractivity contribution in [3.8, 4) is 0 Å². The third-order valence-electron chi connectivity index (χ3n) is 2.86. The van der Waals surface area contributed by atoms with Crippen molar-refractivity contribution in [2.75, 3.05) is 0 Å².